The molecule has 1 N–H and O–H groups in total. The van der Waals surface area contributed by atoms with Crippen molar-refractivity contribution in [3.8, 4) is 0 Å². The van der Waals surface area contributed by atoms with Crippen molar-refractivity contribution in [3.05, 3.63) is 52.0 Å². The maximum Gasteiger partial charge on any atom is 0.130 e. The Kier molecular flexibility index (Phi) is 4.86. The van der Waals surface area contributed by atoms with Crippen molar-refractivity contribution in [2.45, 2.75) is 19.4 Å². The Morgan fingerprint density at radius 3 is 2.47 bits per heavy atom. The fourth-order valence-corrected chi connectivity index (χ4v) is 2.59. The minimum atomic E-state index is -0.00356. The van der Waals surface area contributed by atoms with Crippen LogP contribution < -0.4 is 5.32 Å². The van der Waals surface area contributed by atoms with Gasteiger partial charge in [-0.1, -0.05) is 30.1 Å². The second-order valence-corrected chi connectivity index (χ2v) is 5.36. The lowest BCUT2D eigenvalue weighted by atomic mass is 10.1. The van der Waals surface area contributed by atoms with Crippen molar-refractivity contribution in [1.29, 1.82) is 0 Å². The van der Waals surface area contributed by atoms with Gasteiger partial charge in [-0.3, -0.25) is 0 Å². The molecule has 1 aromatic carbocycles. The number of halogens is 2. The van der Waals surface area contributed by atoms with Gasteiger partial charge in [0.05, 0.1) is 6.04 Å². The summed E-state index contributed by atoms with van der Waals surface area (Å²) in [5.74, 6) is 0.951. The quantitative estimate of drug-likeness (QED) is 0.909. The molecule has 1 atom stereocenters. The summed E-state index contributed by atoms with van der Waals surface area (Å²) in [5.41, 5.74) is 1.03. The summed E-state index contributed by atoms with van der Waals surface area (Å²) in [5, 5.41) is 4.76. The maximum atomic E-state index is 6.09. The summed E-state index contributed by atoms with van der Waals surface area (Å²) < 4.78 is 2.00. The Morgan fingerprint density at radius 1 is 1.26 bits per heavy atom. The van der Waals surface area contributed by atoms with E-state index in [2.05, 4.69) is 17.2 Å². The molecule has 5 heteroatoms. The highest BCUT2D eigenvalue weighted by atomic mass is 35.5. The summed E-state index contributed by atoms with van der Waals surface area (Å²) >= 11 is 12.2. The third-order valence-electron chi connectivity index (χ3n) is 2.93. The fraction of sp³-hybridized carbons (Fsp3) is 0.357. The molecule has 19 heavy (non-hydrogen) atoms. The second-order valence-electron chi connectivity index (χ2n) is 4.49. The molecule has 0 radical (unpaired) electrons. The first-order chi connectivity index (χ1) is 9.11. The smallest absolute Gasteiger partial charge is 0.130 e. The van der Waals surface area contributed by atoms with E-state index in [0.29, 0.717) is 10.0 Å². The largest absolute Gasteiger partial charge is 0.336 e. The summed E-state index contributed by atoms with van der Waals surface area (Å²) in [6.45, 7) is 3.04. The zero-order valence-corrected chi connectivity index (χ0v) is 12.5. The van der Waals surface area contributed by atoms with E-state index in [0.717, 1.165) is 24.4 Å². The molecule has 0 fully saturated rings. The van der Waals surface area contributed by atoms with Gasteiger partial charge in [-0.25, -0.2) is 4.98 Å². The Labute approximate surface area is 123 Å². The Morgan fingerprint density at radius 2 is 1.95 bits per heavy atom. The van der Waals surface area contributed by atoms with Gasteiger partial charge in [0, 0.05) is 29.5 Å². The van der Waals surface area contributed by atoms with Gasteiger partial charge in [-0.15, -0.1) is 0 Å². The van der Waals surface area contributed by atoms with Crippen LogP contribution in [-0.4, -0.2) is 16.1 Å². The third kappa shape index (κ3) is 3.50. The molecular formula is C14H17Cl2N3. The number of aromatic nitrogens is 2. The van der Waals surface area contributed by atoms with Crippen LogP contribution in [0.3, 0.4) is 0 Å². The van der Waals surface area contributed by atoms with Crippen LogP contribution in [0.5, 0.6) is 0 Å². The predicted octanol–water partition coefficient (Wildman–Crippen LogP) is 3.82. The molecule has 0 aliphatic carbocycles. The third-order valence-corrected chi connectivity index (χ3v) is 3.37. The zero-order valence-electron chi connectivity index (χ0n) is 11.0. The van der Waals surface area contributed by atoms with Crippen molar-refractivity contribution >= 4 is 23.2 Å². The first-order valence-corrected chi connectivity index (χ1v) is 7.04. The van der Waals surface area contributed by atoms with Gasteiger partial charge >= 0.3 is 0 Å². The molecule has 2 rings (SSSR count). The van der Waals surface area contributed by atoms with Crippen LogP contribution >= 0.6 is 23.2 Å². The van der Waals surface area contributed by atoms with Gasteiger partial charge < -0.3 is 9.88 Å². The summed E-state index contributed by atoms with van der Waals surface area (Å²) in [4.78, 5) is 4.42. The normalized spacial score (nSPS) is 12.6. The van der Waals surface area contributed by atoms with Gasteiger partial charge in [0.25, 0.3) is 0 Å². The molecule has 2 aromatic rings. The average molecular weight is 298 g/mol. The molecule has 3 nitrogen and oxygen atoms in total. The first-order valence-electron chi connectivity index (χ1n) is 6.28. The summed E-state index contributed by atoms with van der Waals surface area (Å²) in [6.07, 6.45) is 4.78. The molecule has 1 aromatic heterocycles. The monoisotopic (exact) mass is 297 g/mol. The molecule has 0 saturated heterocycles. The van der Waals surface area contributed by atoms with E-state index >= 15 is 0 Å². The van der Waals surface area contributed by atoms with Crippen molar-refractivity contribution in [2.24, 2.45) is 7.05 Å². The summed E-state index contributed by atoms with van der Waals surface area (Å²) in [6, 6.07) is 5.59. The molecule has 0 aliphatic rings. The number of benzene rings is 1. The van der Waals surface area contributed by atoms with Crippen LogP contribution in [-0.2, 0) is 7.05 Å². The first kappa shape index (κ1) is 14.4. The Balaban J connectivity index is 2.39. The number of nitrogens with one attached hydrogen (secondary N) is 1. The summed E-state index contributed by atoms with van der Waals surface area (Å²) in [7, 11) is 1.98. The van der Waals surface area contributed by atoms with E-state index in [1.54, 1.807) is 12.3 Å². The SMILES string of the molecule is CCCNC(c1cc(Cl)cc(Cl)c1)c1nccn1C. The lowest BCUT2D eigenvalue weighted by Crippen LogP contribution is -2.25. The highest BCUT2D eigenvalue weighted by Crippen LogP contribution is 2.27. The molecule has 0 amide bonds. The molecular weight excluding hydrogens is 281 g/mol. The number of imidazole rings is 1. The van der Waals surface area contributed by atoms with Crippen LogP contribution in [0.2, 0.25) is 10.0 Å². The molecule has 0 bridgehead atoms. The molecule has 102 valence electrons. The average Bonchev–Trinajstić information content (AvgIpc) is 2.75. The number of hydrogen-bond acceptors (Lipinski definition) is 2. The standard InChI is InChI=1S/C14H17Cl2N3/c1-3-4-17-13(14-18-5-6-19(14)2)10-7-11(15)9-12(16)8-10/h5-9,13,17H,3-4H2,1-2H3. The minimum Gasteiger partial charge on any atom is -0.336 e. The molecule has 1 heterocycles. The number of hydrogen-bond donors (Lipinski definition) is 1. The van der Waals surface area contributed by atoms with Crippen molar-refractivity contribution in [3.63, 3.8) is 0 Å². The highest BCUT2D eigenvalue weighted by Gasteiger charge is 2.18. The second kappa shape index (κ2) is 6.42. The number of rotatable bonds is 5. The van der Waals surface area contributed by atoms with Crippen molar-refractivity contribution in [1.82, 2.24) is 14.9 Å². The van der Waals surface area contributed by atoms with Crippen molar-refractivity contribution in [2.75, 3.05) is 6.54 Å². The Hall–Kier alpha value is -1.03. The van der Waals surface area contributed by atoms with E-state index in [-0.39, 0.29) is 6.04 Å². The van der Waals surface area contributed by atoms with Crippen LogP contribution in [0.4, 0.5) is 0 Å². The van der Waals surface area contributed by atoms with Crippen LogP contribution in [0.15, 0.2) is 30.6 Å². The zero-order chi connectivity index (χ0) is 13.8. The number of aryl methyl sites for hydroxylation is 1. The van der Waals surface area contributed by atoms with E-state index < -0.39 is 0 Å². The van der Waals surface area contributed by atoms with Crippen LogP contribution in [0.25, 0.3) is 0 Å². The van der Waals surface area contributed by atoms with E-state index in [9.17, 15) is 0 Å². The van der Waals surface area contributed by atoms with E-state index in [1.807, 2.05) is 29.9 Å². The number of nitrogens with zero attached hydrogens (tertiary/aromatic N) is 2. The minimum absolute atomic E-state index is 0.00356. The van der Waals surface area contributed by atoms with Crippen LogP contribution in [0, 0.1) is 0 Å². The van der Waals surface area contributed by atoms with E-state index in [4.69, 9.17) is 23.2 Å². The van der Waals surface area contributed by atoms with Gasteiger partial charge in [0.1, 0.15) is 5.82 Å². The van der Waals surface area contributed by atoms with Gasteiger partial charge in [0.2, 0.25) is 0 Å². The molecule has 0 aliphatic heterocycles. The maximum absolute atomic E-state index is 6.09. The highest BCUT2D eigenvalue weighted by molar-refractivity contribution is 6.34. The van der Waals surface area contributed by atoms with Crippen molar-refractivity contribution < 1.29 is 0 Å². The lowest BCUT2D eigenvalue weighted by molar-refractivity contribution is 0.555. The molecule has 1 unspecified atom stereocenters. The topological polar surface area (TPSA) is 29.9 Å². The Bertz CT molecular complexity index is 531. The predicted molar refractivity (Wildman–Crippen MR) is 79.8 cm³/mol. The van der Waals surface area contributed by atoms with Gasteiger partial charge in [-0.2, -0.15) is 0 Å². The van der Waals surface area contributed by atoms with Gasteiger partial charge in [0.15, 0.2) is 0 Å². The molecule has 0 spiro atoms. The van der Waals surface area contributed by atoms with Gasteiger partial charge in [-0.05, 0) is 36.7 Å². The molecule has 0 saturated carbocycles. The fourth-order valence-electron chi connectivity index (χ4n) is 2.04. The van der Waals surface area contributed by atoms with E-state index in [1.165, 1.54) is 0 Å². The van der Waals surface area contributed by atoms with Crippen LogP contribution in [0.1, 0.15) is 30.8 Å². The lowest BCUT2D eigenvalue weighted by Gasteiger charge is -2.19.